The highest BCUT2D eigenvalue weighted by Crippen LogP contribution is 2.27. The van der Waals surface area contributed by atoms with Crippen LogP contribution in [0.15, 0.2) is 12.1 Å². The molecule has 2 atom stereocenters. The van der Waals surface area contributed by atoms with Gasteiger partial charge in [-0.2, -0.15) is 0 Å². The van der Waals surface area contributed by atoms with E-state index in [0.29, 0.717) is 13.0 Å². The molecule has 17 heavy (non-hydrogen) atoms. The molecule has 2 rings (SSSR count). The highest BCUT2D eigenvalue weighted by Gasteiger charge is 2.33. The van der Waals surface area contributed by atoms with E-state index in [9.17, 15) is 13.6 Å². The van der Waals surface area contributed by atoms with Crippen molar-refractivity contribution >= 4 is 5.78 Å². The lowest BCUT2D eigenvalue weighted by atomic mass is 9.91. The average Bonchev–Trinajstić information content (AvgIpc) is 2.72. The number of Topliss-reactive ketones (excluding diaryl/α,β-unsaturated/α-hetero) is 1. The van der Waals surface area contributed by atoms with E-state index in [0.717, 1.165) is 0 Å². The minimum absolute atomic E-state index is 0.171. The van der Waals surface area contributed by atoms with E-state index in [1.807, 2.05) is 0 Å². The van der Waals surface area contributed by atoms with Gasteiger partial charge in [0.25, 0.3) is 0 Å². The van der Waals surface area contributed by atoms with Crippen molar-refractivity contribution < 1.29 is 18.3 Å². The Kier molecular flexibility index (Phi) is 3.24. The van der Waals surface area contributed by atoms with Crippen LogP contribution in [0.25, 0.3) is 0 Å². The van der Waals surface area contributed by atoms with Gasteiger partial charge in [-0.1, -0.05) is 6.07 Å². The van der Waals surface area contributed by atoms with Crippen molar-refractivity contribution in [1.82, 2.24) is 0 Å². The van der Waals surface area contributed by atoms with Crippen molar-refractivity contribution in [3.63, 3.8) is 0 Å². The molecule has 0 aromatic heterocycles. The molecule has 0 N–H and O–H groups in total. The zero-order valence-corrected chi connectivity index (χ0v) is 9.80. The molecule has 0 amide bonds. The van der Waals surface area contributed by atoms with Crippen LogP contribution >= 0.6 is 0 Å². The number of carbonyl (C=O) groups excluding carboxylic acids is 1. The zero-order valence-electron chi connectivity index (χ0n) is 9.80. The summed E-state index contributed by atoms with van der Waals surface area (Å²) in [6.07, 6.45) is 0.334. The van der Waals surface area contributed by atoms with E-state index < -0.39 is 11.6 Å². The third-order valence-electron chi connectivity index (χ3n) is 3.25. The average molecular weight is 240 g/mol. The van der Waals surface area contributed by atoms with Crippen LogP contribution in [0, 0.1) is 24.5 Å². The molecule has 0 bridgehead atoms. The molecule has 0 radical (unpaired) electrons. The number of ketones is 1. The lowest BCUT2D eigenvalue weighted by molar-refractivity contribution is 0.0760. The molecular weight excluding hydrogens is 226 g/mol. The van der Waals surface area contributed by atoms with Crippen molar-refractivity contribution in [2.45, 2.75) is 26.4 Å². The van der Waals surface area contributed by atoms with Crippen molar-refractivity contribution in [2.24, 2.45) is 5.92 Å². The third kappa shape index (κ3) is 2.09. The number of hydrogen-bond acceptors (Lipinski definition) is 2. The van der Waals surface area contributed by atoms with Crippen LogP contribution in [0.2, 0.25) is 0 Å². The number of ether oxygens (including phenoxy) is 1. The molecule has 0 saturated carbocycles. The predicted molar refractivity (Wildman–Crippen MR) is 58.9 cm³/mol. The van der Waals surface area contributed by atoms with Gasteiger partial charge in [0, 0.05) is 6.61 Å². The van der Waals surface area contributed by atoms with Crippen LogP contribution in [-0.2, 0) is 4.74 Å². The monoisotopic (exact) mass is 240 g/mol. The fourth-order valence-corrected chi connectivity index (χ4v) is 2.11. The molecule has 1 aromatic rings. The molecule has 1 heterocycles. The van der Waals surface area contributed by atoms with Crippen LogP contribution in [0.4, 0.5) is 8.78 Å². The minimum atomic E-state index is -1.05. The topological polar surface area (TPSA) is 26.3 Å². The molecule has 0 spiro atoms. The summed E-state index contributed by atoms with van der Waals surface area (Å²) < 4.78 is 32.3. The summed E-state index contributed by atoms with van der Waals surface area (Å²) in [5.41, 5.74) is 0.0326. The standard InChI is InChI=1S/C13H14F2O2/c1-7-3-4-10(12(15)11(7)14)13(16)9-5-6-17-8(9)2/h3-4,8-9H,5-6H2,1-2H3. The Morgan fingerprint density at radius 1 is 1.35 bits per heavy atom. The van der Waals surface area contributed by atoms with Gasteiger partial charge in [-0.25, -0.2) is 8.78 Å². The quantitative estimate of drug-likeness (QED) is 0.743. The summed E-state index contributed by atoms with van der Waals surface area (Å²) in [5.74, 6) is -2.73. The zero-order chi connectivity index (χ0) is 12.6. The normalized spacial score (nSPS) is 24.0. The first-order chi connectivity index (χ1) is 8.02. The summed E-state index contributed by atoms with van der Waals surface area (Å²) in [7, 11) is 0. The van der Waals surface area contributed by atoms with Gasteiger partial charge in [0.1, 0.15) is 0 Å². The molecule has 1 fully saturated rings. The first-order valence-corrected chi connectivity index (χ1v) is 5.62. The van der Waals surface area contributed by atoms with Gasteiger partial charge in [0.05, 0.1) is 17.6 Å². The maximum atomic E-state index is 13.7. The molecule has 4 heteroatoms. The van der Waals surface area contributed by atoms with Gasteiger partial charge in [0.15, 0.2) is 17.4 Å². The molecule has 2 nitrogen and oxygen atoms in total. The van der Waals surface area contributed by atoms with E-state index in [-0.39, 0.29) is 28.9 Å². The van der Waals surface area contributed by atoms with Crippen LogP contribution in [0.1, 0.15) is 29.3 Å². The van der Waals surface area contributed by atoms with Crippen molar-refractivity contribution in [2.75, 3.05) is 6.61 Å². The summed E-state index contributed by atoms with van der Waals surface area (Å²) >= 11 is 0. The SMILES string of the molecule is Cc1ccc(C(=O)C2CCOC2C)c(F)c1F. The lowest BCUT2D eigenvalue weighted by Gasteiger charge is -2.13. The summed E-state index contributed by atoms with van der Waals surface area (Å²) in [4.78, 5) is 12.1. The molecular formula is C13H14F2O2. The second kappa shape index (κ2) is 4.53. The number of carbonyl (C=O) groups is 1. The van der Waals surface area contributed by atoms with E-state index >= 15 is 0 Å². The van der Waals surface area contributed by atoms with Gasteiger partial charge in [-0.05, 0) is 31.9 Å². The van der Waals surface area contributed by atoms with Crippen molar-refractivity contribution in [1.29, 1.82) is 0 Å². The third-order valence-corrected chi connectivity index (χ3v) is 3.25. The van der Waals surface area contributed by atoms with Crippen LogP contribution < -0.4 is 0 Å². The summed E-state index contributed by atoms with van der Waals surface area (Å²) in [6, 6.07) is 2.77. The largest absolute Gasteiger partial charge is 0.378 e. The Hall–Kier alpha value is -1.29. The second-order valence-corrected chi connectivity index (χ2v) is 4.39. The van der Waals surface area contributed by atoms with Crippen LogP contribution in [0.5, 0.6) is 0 Å². The van der Waals surface area contributed by atoms with Gasteiger partial charge < -0.3 is 4.74 Å². The first kappa shape index (κ1) is 12.2. The lowest BCUT2D eigenvalue weighted by Crippen LogP contribution is -2.23. The van der Waals surface area contributed by atoms with Crippen LogP contribution in [-0.4, -0.2) is 18.5 Å². The molecule has 1 saturated heterocycles. The summed E-state index contributed by atoms with van der Waals surface area (Å²) in [5, 5.41) is 0. The Bertz CT molecular complexity index is 457. The van der Waals surface area contributed by atoms with E-state index in [2.05, 4.69) is 0 Å². The Labute approximate surface area is 98.6 Å². The Balaban J connectivity index is 2.34. The fraction of sp³-hybridized carbons (Fsp3) is 0.462. The van der Waals surface area contributed by atoms with Crippen LogP contribution in [0.3, 0.4) is 0 Å². The second-order valence-electron chi connectivity index (χ2n) is 4.39. The Morgan fingerprint density at radius 2 is 2.06 bits per heavy atom. The minimum Gasteiger partial charge on any atom is -0.378 e. The van der Waals surface area contributed by atoms with Gasteiger partial charge in [-0.15, -0.1) is 0 Å². The maximum absolute atomic E-state index is 13.7. The first-order valence-electron chi connectivity index (χ1n) is 5.62. The number of aryl methyl sites for hydroxylation is 1. The van der Waals surface area contributed by atoms with E-state index in [1.54, 1.807) is 6.92 Å². The van der Waals surface area contributed by atoms with Gasteiger partial charge in [-0.3, -0.25) is 4.79 Å². The van der Waals surface area contributed by atoms with E-state index in [1.165, 1.54) is 19.1 Å². The molecule has 1 aliphatic heterocycles. The summed E-state index contributed by atoms with van der Waals surface area (Å²) in [6.45, 7) is 3.74. The maximum Gasteiger partial charge on any atom is 0.171 e. The van der Waals surface area contributed by atoms with Gasteiger partial charge >= 0.3 is 0 Å². The highest BCUT2D eigenvalue weighted by atomic mass is 19.2. The van der Waals surface area contributed by atoms with Crippen molar-refractivity contribution in [3.05, 3.63) is 34.9 Å². The number of hydrogen-bond donors (Lipinski definition) is 0. The number of rotatable bonds is 2. The van der Waals surface area contributed by atoms with E-state index in [4.69, 9.17) is 4.74 Å². The highest BCUT2D eigenvalue weighted by molar-refractivity contribution is 5.98. The van der Waals surface area contributed by atoms with Gasteiger partial charge in [0.2, 0.25) is 0 Å². The Morgan fingerprint density at radius 3 is 2.65 bits per heavy atom. The predicted octanol–water partition coefficient (Wildman–Crippen LogP) is 2.88. The number of benzene rings is 1. The molecule has 1 aromatic carbocycles. The van der Waals surface area contributed by atoms with Crippen molar-refractivity contribution in [3.8, 4) is 0 Å². The molecule has 92 valence electrons. The molecule has 0 aliphatic carbocycles. The molecule has 2 unspecified atom stereocenters. The smallest absolute Gasteiger partial charge is 0.171 e. The fourth-order valence-electron chi connectivity index (χ4n) is 2.11. The molecule has 1 aliphatic rings. The number of halogens is 2.